The number of hydrogen-bond donors (Lipinski definition) is 1. The Morgan fingerprint density at radius 1 is 1.21 bits per heavy atom. The van der Waals surface area contributed by atoms with Gasteiger partial charge in [-0.1, -0.05) is 0 Å². The normalized spacial score (nSPS) is 31.2. The second-order valence-corrected chi connectivity index (χ2v) is 7.36. The van der Waals surface area contributed by atoms with E-state index in [0.29, 0.717) is 0 Å². The molecule has 0 amide bonds. The Kier molecular flexibility index (Phi) is 3.95. The van der Waals surface area contributed by atoms with Crippen molar-refractivity contribution >= 4 is 11.8 Å². The maximum atomic E-state index is 6.29. The fourth-order valence-corrected chi connectivity index (χ4v) is 4.75. The van der Waals surface area contributed by atoms with E-state index < -0.39 is 0 Å². The van der Waals surface area contributed by atoms with Gasteiger partial charge in [-0.25, -0.2) is 0 Å². The zero-order chi connectivity index (χ0) is 13.4. The van der Waals surface area contributed by atoms with Crippen molar-refractivity contribution in [1.82, 2.24) is 4.57 Å². The number of rotatable bonds is 2. The lowest BCUT2D eigenvalue weighted by molar-refractivity contribution is 0.345. The van der Waals surface area contributed by atoms with Crippen molar-refractivity contribution in [2.45, 2.75) is 69.2 Å². The Bertz CT molecular complexity index is 444. The van der Waals surface area contributed by atoms with Gasteiger partial charge in [0.25, 0.3) is 0 Å². The van der Waals surface area contributed by atoms with E-state index in [0.717, 1.165) is 17.7 Å². The van der Waals surface area contributed by atoms with Gasteiger partial charge in [0.15, 0.2) is 0 Å². The van der Waals surface area contributed by atoms with Crippen LogP contribution in [0.2, 0.25) is 0 Å². The number of thioether (sulfide) groups is 1. The Hall–Kier alpha value is -0.410. The second kappa shape index (κ2) is 5.53. The molecular formula is C16H26N2S. The minimum atomic E-state index is 0.284. The molecule has 2 N–H and O–H groups in total. The quantitative estimate of drug-likeness (QED) is 0.887. The highest BCUT2D eigenvalue weighted by Gasteiger charge is 2.28. The summed E-state index contributed by atoms with van der Waals surface area (Å²) in [6.07, 6.45) is 11.4. The van der Waals surface area contributed by atoms with Crippen molar-refractivity contribution in [1.29, 1.82) is 0 Å². The van der Waals surface area contributed by atoms with Gasteiger partial charge < -0.3 is 10.3 Å². The van der Waals surface area contributed by atoms with Crippen LogP contribution in [-0.4, -0.2) is 16.1 Å². The van der Waals surface area contributed by atoms with Crippen LogP contribution in [0.15, 0.2) is 6.07 Å². The molecule has 0 bridgehead atoms. The first kappa shape index (κ1) is 13.6. The largest absolute Gasteiger partial charge is 0.346 e. The van der Waals surface area contributed by atoms with Crippen LogP contribution in [0, 0.1) is 6.92 Å². The molecule has 106 valence electrons. The monoisotopic (exact) mass is 278 g/mol. The Morgan fingerprint density at radius 3 is 2.63 bits per heavy atom. The SMILES string of the molecule is CSC1CCC(n2c(C)cc3c2CCCC3N)CC1. The first-order valence-corrected chi connectivity index (χ1v) is 8.98. The lowest BCUT2D eigenvalue weighted by Crippen LogP contribution is -2.24. The van der Waals surface area contributed by atoms with Gasteiger partial charge in [0.2, 0.25) is 0 Å². The molecule has 0 aliphatic heterocycles. The number of nitrogens with two attached hydrogens (primary N) is 1. The molecule has 3 rings (SSSR count). The first-order valence-electron chi connectivity index (χ1n) is 7.69. The summed E-state index contributed by atoms with van der Waals surface area (Å²) in [5.74, 6) is 0. The molecule has 1 aromatic heterocycles. The first-order chi connectivity index (χ1) is 9.20. The van der Waals surface area contributed by atoms with E-state index in [1.807, 2.05) is 11.8 Å². The summed E-state index contributed by atoms with van der Waals surface area (Å²) < 4.78 is 2.64. The van der Waals surface area contributed by atoms with E-state index in [1.54, 1.807) is 5.69 Å². The summed E-state index contributed by atoms with van der Waals surface area (Å²) in [5.41, 5.74) is 10.7. The highest BCUT2D eigenvalue weighted by Crippen LogP contribution is 2.39. The molecule has 0 aromatic carbocycles. The van der Waals surface area contributed by atoms with Gasteiger partial charge in [-0.3, -0.25) is 0 Å². The third kappa shape index (κ3) is 2.47. The highest BCUT2D eigenvalue weighted by atomic mass is 32.2. The summed E-state index contributed by atoms with van der Waals surface area (Å²) in [6.45, 7) is 2.27. The molecule has 1 atom stereocenters. The molecule has 1 saturated carbocycles. The smallest absolute Gasteiger partial charge is 0.0336 e. The van der Waals surface area contributed by atoms with Crippen molar-refractivity contribution in [3.63, 3.8) is 0 Å². The van der Waals surface area contributed by atoms with Crippen LogP contribution in [0.4, 0.5) is 0 Å². The van der Waals surface area contributed by atoms with Gasteiger partial charge in [-0.15, -0.1) is 0 Å². The zero-order valence-corrected chi connectivity index (χ0v) is 13.0. The van der Waals surface area contributed by atoms with Crippen LogP contribution in [0.1, 0.15) is 67.6 Å². The van der Waals surface area contributed by atoms with Crippen molar-refractivity contribution in [3.8, 4) is 0 Å². The molecular weight excluding hydrogens is 252 g/mol. The number of fused-ring (bicyclic) bond motifs is 1. The predicted octanol–water partition coefficient (Wildman–Crippen LogP) is 3.98. The van der Waals surface area contributed by atoms with E-state index in [-0.39, 0.29) is 6.04 Å². The van der Waals surface area contributed by atoms with Crippen molar-refractivity contribution in [2.75, 3.05) is 6.26 Å². The third-order valence-corrected chi connectivity index (χ3v) is 6.18. The lowest BCUT2D eigenvalue weighted by atomic mass is 9.91. The maximum absolute atomic E-state index is 6.29. The predicted molar refractivity (Wildman–Crippen MR) is 83.8 cm³/mol. The third-order valence-electron chi connectivity index (χ3n) is 5.04. The molecule has 0 saturated heterocycles. The Labute approximate surface area is 121 Å². The summed E-state index contributed by atoms with van der Waals surface area (Å²) >= 11 is 2.05. The average Bonchev–Trinajstić information content (AvgIpc) is 2.77. The van der Waals surface area contributed by atoms with Crippen molar-refractivity contribution in [2.24, 2.45) is 5.73 Å². The van der Waals surface area contributed by atoms with Gasteiger partial charge in [0.05, 0.1) is 0 Å². The Morgan fingerprint density at radius 2 is 1.95 bits per heavy atom. The second-order valence-electron chi connectivity index (χ2n) is 6.22. The Balaban J connectivity index is 1.85. The fraction of sp³-hybridized carbons (Fsp3) is 0.750. The zero-order valence-electron chi connectivity index (χ0n) is 12.2. The molecule has 2 nitrogen and oxygen atoms in total. The van der Waals surface area contributed by atoms with Crippen LogP contribution >= 0.6 is 11.8 Å². The van der Waals surface area contributed by atoms with Crippen molar-refractivity contribution in [3.05, 3.63) is 23.0 Å². The summed E-state index contributed by atoms with van der Waals surface area (Å²) in [5, 5.41) is 0.894. The molecule has 0 radical (unpaired) electrons. The standard InChI is InChI=1S/C16H26N2S/c1-11-10-14-15(17)4-3-5-16(14)18(11)12-6-8-13(19-2)9-7-12/h10,12-13,15H,3-9,17H2,1-2H3. The van der Waals surface area contributed by atoms with Gasteiger partial charge in [0, 0.05) is 28.7 Å². The molecule has 2 aliphatic carbocycles. The van der Waals surface area contributed by atoms with Crippen molar-refractivity contribution < 1.29 is 0 Å². The number of aromatic nitrogens is 1. The van der Waals surface area contributed by atoms with Gasteiger partial charge in [-0.2, -0.15) is 11.8 Å². The summed E-state index contributed by atoms with van der Waals surface area (Å²) in [6, 6.07) is 3.38. The van der Waals surface area contributed by atoms with Gasteiger partial charge in [0.1, 0.15) is 0 Å². The van der Waals surface area contributed by atoms with E-state index in [4.69, 9.17) is 5.73 Å². The minimum absolute atomic E-state index is 0.284. The van der Waals surface area contributed by atoms with Crippen LogP contribution in [0.5, 0.6) is 0 Å². The molecule has 1 heterocycles. The molecule has 3 heteroatoms. The van der Waals surface area contributed by atoms with Crippen LogP contribution in [-0.2, 0) is 6.42 Å². The molecule has 1 fully saturated rings. The van der Waals surface area contributed by atoms with Gasteiger partial charge >= 0.3 is 0 Å². The van der Waals surface area contributed by atoms with E-state index in [9.17, 15) is 0 Å². The van der Waals surface area contributed by atoms with Crippen LogP contribution < -0.4 is 5.73 Å². The van der Waals surface area contributed by atoms with E-state index in [1.165, 1.54) is 49.8 Å². The number of hydrogen-bond acceptors (Lipinski definition) is 2. The van der Waals surface area contributed by atoms with E-state index in [2.05, 4.69) is 23.8 Å². The molecule has 1 unspecified atom stereocenters. The minimum Gasteiger partial charge on any atom is -0.346 e. The average molecular weight is 278 g/mol. The molecule has 1 aromatic rings. The molecule has 19 heavy (non-hydrogen) atoms. The topological polar surface area (TPSA) is 30.9 Å². The maximum Gasteiger partial charge on any atom is 0.0336 e. The summed E-state index contributed by atoms with van der Waals surface area (Å²) in [4.78, 5) is 0. The van der Waals surface area contributed by atoms with Gasteiger partial charge in [-0.05, 0) is 69.8 Å². The lowest BCUT2D eigenvalue weighted by Gasteiger charge is -2.32. The van der Waals surface area contributed by atoms with E-state index >= 15 is 0 Å². The van der Waals surface area contributed by atoms with Crippen LogP contribution in [0.3, 0.4) is 0 Å². The van der Waals surface area contributed by atoms with Crippen LogP contribution in [0.25, 0.3) is 0 Å². The summed E-state index contributed by atoms with van der Waals surface area (Å²) in [7, 11) is 0. The molecule has 2 aliphatic rings. The fourth-order valence-electron chi connectivity index (χ4n) is 4.01. The number of nitrogens with zero attached hydrogens (tertiary/aromatic N) is 1. The number of aryl methyl sites for hydroxylation is 1. The molecule has 0 spiro atoms. The highest BCUT2D eigenvalue weighted by molar-refractivity contribution is 7.99.